The quantitative estimate of drug-likeness (QED) is 0.274. The van der Waals surface area contributed by atoms with Gasteiger partial charge in [-0.05, 0) is 6.42 Å². The van der Waals surface area contributed by atoms with Crippen molar-refractivity contribution < 1.29 is 9.90 Å². The number of nitrogens with two attached hydrogens (primary N) is 1. The van der Waals surface area contributed by atoms with Gasteiger partial charge in [0.15, 0.2) is 0 Å². The highest BCUT2D eigenvalue weighted by atomic mass is 16.4. The third-order valence-corrected chi connectivity index (χ3v) is 1.66. The second kappa shape index (κ2) is 2.96. The van der Waals surface area contributed by atoms with Crippen molar-refractivity contribution in [2.75, 3.05) is 6.54 Å². The van der Waals surface area contributed by atoms with E-state index in [1.165, 1.54) is 0 Å². The van der Waals surface area contributed by atoms with Crippen molar-refractivity contribution in [3.63, 3.8) is 0 Å². The van der Waals surface area contributed by atoms with Gasteiger partial charge in [0, 0.05) is 12.6 Å². The Bertz CT molecular complexity index is 139. The number of hydrazine groups is 1. The van der Waals surface area contributed by atoms with Gasteiger partial charge in [0.2, 0.25) is 0 Å². The molecule has 0 aromatic carbocycles. The smallest absolute Gasteiger partial charge is 0.320 e. The molecule has 1 saturated heterocycles. The molecule has 0 unspecified atom stereocenters. The summed E-state index contributed by atoms with van der Waals surface area (Å²) in [4.78, 5) is 10.3. The third kappa shape index (κ3) is 1.44. The summed E-state index contributed by atoms with van der Waals surface area (Å²) in [6.45, 7) is 0.632. The third-order valence-electron chi connectivity index (χ3n) is 1.66. The monoisotopic (exact) mass is 145 g/mol. The van der Waals surface area contributed by atoms with Crippen molar-refractivity contribution in [2.45, 2.75) is 18.5 Å². The number of hydrogen-bond donors (Lipinski definition) is 4. The molecular weight excluding hydrogens is 134 g/mol. The number of hydrogen-bond acceptors (Lipinski definition) is 4. The maximum absolute atomic E-state index is 10.3. The van der Waals surface area contributed by atoms with Crippen LogP contribution in [0.2, 0.25) is 0 Å². The second-order valence-corrected chi connectivity index (χ2v) is 2.40. The standard InChI is InChI=1S/C5H11N3O2/c6-8-3-1-4(5(9)10)7-2-3/h3-4,7-8H,1-2,6H2,(H,9,10)/t3-,4+/m1/s1. The highest BCUT2D eigenvalue weighted by Gasteiger charge is 2.27. The van der Waals surface area contributed by atoms with E-state index in [1.807, 2.05) is 0 Å². The van der Waals surface area contributed by atoms with Gasteiger partial charge in [-0.2, -0.15) is 0 Å². The van der Waals surface area contributed by atoms with Crippen molar-refractivity contribution in [3.8, 4) is 0 Å². The first-order valence-corrected chi connectivity index (χ1v) is 3.16. The molecule has 1 aliphatic heterocycles. The first kappa shape index (κ1) is 7.46. The van der Waals surface area contributed by atoms with Crippen LogP contribution in [0.25, 0.3) is 0 Å². The van der Waals surface area contributed by atoms with Crippen molar-refractivity contribution >= 4 is 5.97 Å². The molecular formula is C5H11N3O2. The predicted molar refractivity (Wildman–Crippen MR) is 35.2 cm³/mol. The van der Waals surface area contributed by atoms with E-state index in [-0.39, 0.29) is 6.04 Å². The Balaban J connectivity index is 2.35. The summed E-state index contributed by atoms with van der Waals surface area (Å²) in [7, 11) is 0. The Morgan fingerprint density at radius 3 is 2.80 bits per heavy atom. The lowest BCUT2D eigenvalue weighted by atomic mass is 10.2. The summed E-state index contributed by atoms with van der Waals surface area (Å²) >= 11 is 0. The number of carboxylic acid groups (broad SMARTS) is 1. The molecule has 58 valence electrons. The molecule has 0 spiro atoms. The van der Waals surface area contributed by atoms with E-state index < -0.39 is 12.0 Å². The van der Waals surface area contributed by atoms with Crippen LogP contribution in [0.3, 0.4) is 0 Å². The van der Waals surface area contributed by atoms with Crippen LogP contribution in [-0.4, -0.2) is 29.7 Å². The van der Waals surface area contributed by atoms with Crippen molar-refractivity contribution in [3.05, 3.63) is 0 Å². The SMILES string of the molecule is NN[C@H]1CN[C@H](C(=O)O)C1. The van der Waals surface area contributed by atoms with Gasteiger partial charge in [0.05, 0.1) is 0 Å². The van der Waals surface area contributed by atoms with Crippen LogP contribution < -0.4 is 16.6 Å². The Morgan fingerprint density at radius 2 is 2.50 bits per heavy atom. The summed E-state index contributed by atoms with van der Waals surface area (Å²) in [6.07, 6.45) is 0.561. The van der Waals surface area contributed by atoms with Gasteiger partial charge in [0.25, 0.3) is 0 Å². The zero-order valence-electron chi connectivity index (χ0n) is 5.50. The maximum Gasteiger partial charge on any atom is 0.320 e. The Morgan fingerprint density at radius 1 is 1.80 bits per heavy atom. The molecule has 1 rings (SSSR count). The topological polar surface area (TPSA) is 87.4 Å². The van der Waals surface area contributed by atoms with Crippen LogP contribution in [-0.2, 0) is 4.79 Å². The van der Waals surface area contributed by atoms with E-state index in [4.69, 9.17) is 10.9 Å². The lowest BCUT2D eigenvalue weighted by Gasteiger charge is -2.03. The molecule has 5 heteroatoms. The predicted octanol–water partition coefficient (Wildman–Crippen LogP) is -1.74. The molecule has 10 heavy (non-hydrogen) atoms. The Hall–Kier alpha value is -0.650. The molecule has 0 saturated carbocycles. The zero-order chi connectivity index (χ0) is 7.56. The van der Waals surface area contributed by atoms with Crippen molar-refractivity contribution in [1.29, 1.82) is 0 Å². The highest BCUT2D eigenvalue weighted by Crippen LogP contribution is 2.04. The molecule has 0 bridgehead atoms. The van der Waals surface area contributed by atoms with Crippen LogP contribution in [0.15, 0.2) is 0 Å². The molecule has 0 radical (unpaired) electrons. The first-order valence-electron chi connectivity index (χ1n) is 3.16. The molecule has 0 aromatic heterocycles. The fourth-order valence-electron chi connectivity index (χ4n) is 1.05. The molecule has 5 N–H and O–H groups in total. The minimum Gasteiger partial charge on any atom is -0.480 e. The second-order valence-electron chi connectivity index (χ2n) is 2.40. The van der Waals surface area contributed by atoms with Crippen LogP contribution in [0.5, 0.6) is 0 Å². The van der Waals surface area contributed by atoms with Crippen LogP contribution >= 0.6 is 0 Å². The van der Waals surface area contributed by atoms with Gasteiger partial charge in [-0.3, -0.25) is 16.1 Å². The summed E-state index contributed by atoms with van der Waals surface area (Å²) in [6, 6.07) is -0.331. The normalized spacial score (nSPS) is 32.5. The van der Waals surface area contributed by atoms with Crippen molar-refractivity contribution in [1.82, 2.24) is 10.7 Å². The highest BCUT2D eigenvalue weighted by molar-refractivity contribution is 5.73. The molecule has 0 amide bonds. The van der Waals surface area contributed by atoms with Gasteiger partial charge >= 0.3 is 5.97 Å². The summed E-state index contributed by atoms with van der Waals surface area (Å²) in [5.41, 5.74) is 2.52. The number of nitrogens with one attached hydrogen (secondary N) is 2. The number of aliphatic carboxylic acids is 1. The first-order chi connectivity index (χ1) is 4.74. The minimum absolute atomic E-state index is 0.0982. The minimum atomic E-state index is -0.808. The van der Waals surface area contributed by atoms with E-state index in [0.29, 0.717) is 13.0 Å². The van der Waals surface area contributed by atoms with E-state index >= 15 is 0 Å². The molecule has 1 heterocycles. The van der Waals surface area contributed by atoms with E-state index in [1.54, 1.807) is 0 Å². The van der Waals surface area contributed by atoms with Crippen LogP contribution in [0, 0.1) is 0 Å². The van der Waals surface area contributed by atoms with E-state index in [2.05, 4.69) is 10.7 Å². The lowest BCUT2D eigenvalue weighted by Crippen LogP contribution is -2.36. The van der Waals surface area contributed by atoms with Crippen LogP contribution in [0.4, 0.5) is 0 Å². The average molecular weight is 145 g/mol. The zero-order valence-corrected chi connectivity index (χ0v) is 5.50. The largest absolute Gasteiger partial charge is 0.480 e. The average Bonchev–Trinajstić information content (AvgIpc) is 2.34. The molecule has 2 atom stereocenters. The molecule has 0 aromatic rings. The van der Waals surface area contributed by atoms with E-state index in [9.17, 15) is 4.79 Å². The Labute approximate surface area is 58.6 Å². The van der Waals surface area contributed by atoms with Crippen molar-refractivity contribution in [2.24, 2.45) is 5.84 Å². The van der Waals surface area contributed by atoms with Gasteiger partial charge in [-0.25, -0.2) is 0 Å². The summed E-state index contributed by atoms with van der Waals surface area (Å²) < 4.78 is 0. The van der Waals surface area contributed by atoms with Gasteiger partial charge in [0.1, 0.15) is 6.04 Å². The fourth-order valence-corrected chi connectivity index (χ4v) is 1.05. The molecule has 1 fully saturated rings. The summed E-state index contributed by atoms with van der Waals surface area (Å²) in [5, 5.41) is 11.3. The van der Waals surface area contributed by atoms with Gasteiger partial charge in [-0.1, -0.05) is 0 Å². The van der Waals surface area contributed by atoms with Gasteiger partial charge in [-0.15, -0.1) is 0 Å². The Kier molecular flexibility index (Phi) is 2.21. The fraction of sp³-hybridized carbons (Fsp3) is 0.800. The molecule has 1 aliphatic rings. The summed E-state index contributed by atoms with van der Waals surface area (Å²) in [5.74, 6) is 4.31. The number of rotatable bonds is 2. The molecule has 5 nitrogen and oxygen atoms in total. The maximum atomic E-state index is 10.3. The lowest BCUT2D eigenvalue weighted by molar-refractivity contribution is -0.139. The number of carbonyl (C=O) groups is 1. The van der Waals surface area contributed by atoms with Crippen LogP contribution in [0.1, 0.15) is 6.42 Å². The van der Waals surface area contributed by atoms with E-state index in [0.717, 1.165) is 0 Å². The van der Waals surface area contributed by atoms with Gasteiger partial charge < -0.3 is 10.4 Å². The number of carboxylic acids is 1. The molecule has 0 aliphatic carbocycles.